The predicted octanol–water partition coefficient (Wildman–Crippen LogP) is 5.44. The Balaban J connectivity index is 1.90. The molecule has 0 unspecified atom stereocenters. The van der Waals surface area contributed by atoms with Gasteiger partial charge in [0.2, 0.25) is 15.9 Å². The number of hydrogen-bond donors (Lipinski definition) is 1. The zero-order chi connectivity index (χ0) is 26.7. The maximum absolute atomic E-state index is 13.2. The summed E-state index contributed by atoms with van der Waals surface area (Å²) in [5.74, 6) is 0.0619. The molecule has 1 heterocycles. The van der Waals surface area contributed by atoms with E-state index in [1.807, 2.05) is 68.4 Å². The van der Waals surface area contributed by atoms with Crippen molar-refractivity contribution < 1.29 is 13.2 Å². The third-order valence-corrected chi connectivity index (χ3v) is 7.67. The molecule has 0 fully saturated rings. The monoisotopic (exact) mass is 508 g/mol. The summed E-state index contributed by atoms with van der Waals surface area (Å²) >= 11 is 0. The van der Waals surface area contributed by atoms with Crippen LogP contribution in [0.5, 0.6) is 0 Å². The van der Waals surface area contributed by atoms with Crippen molar-refractivity contribution in [1.29, 1.82) is 0 Å². The molecule has 192 valence electrons. The molecule has 0 saturated heterocycles. The molecule has 3 aromatic rings. The van der Waals surface area contributed by atoms with Crippen molar-refractivity contribution >= 4 is 27.8 Å². The Morgan fingerprint density at radius 1 is 1.08 bits per heavy atom. The van der Waals surface area contributed by atoms with Crippen LogP contribution in [-0.2, 0) is 20.2 Å². The van der Waals surface area contributed by atoms with Gasteiger partial charge in [0.1, 0.15) is 5.82 Å². The van der Waals surface area contributed by atoms with E-state index in [1.54, 1.807) is 18.5 Å². The molecule has 0 bridgehead atoms. The van der Waals surface area contributed by atoms with Crippen LogP contribution in [0.15, 0.2) is 60.0 Å². The summed E-state index contributed by atoms with van der Waals surface area (Å²) in [6, 6.07) is 16.6. The number of sulfonamides is 1. The molecule has 0 atom stereocenters. The van der Waals surface area contributed by atoms with Crippen molar-refractivity contribution in [2.24, 2.45) is 0 Å². The lowest BCUT2D eigenvalue weighted by molar-refractivity contribution is -0.116. The highest BCUT2D eigenvalue weighted by Gasteiger charge is 2.27. The smallest absolute Gasteiger partial charge is 0.240 e. The van der Waals surface area contributed by atoms with E-state index in [-0.39, 0.29) is 12.0 Å². The quantitative estimate of drug-likeness (QED) is 0.439. The van der Waals surface area contributed by atoms with Gasteiger partial charge in [-0.15, -0.1) is 0 Å². The molecule has 0 saturated carbocycles. The number of rotatable bonds is 8. The highest BCUT2D eigenvalue weighted by Crippen LogP contribution is 2.28. The van der Waals surface area contributed by atoms with Gasteiger partial charge in [0.05, 0.1) is 17.9 Å². The minimum Gasteiger partial charge on any atom is -0.309 e. The average molecular weight is 509 g/mol. The Kier molecular flexibility index (Phi) is 8.21. The van der Waals surface area contributed by atoms with E-state index in [2.05, 4.69) is 26.1 Å². The van der Waals surface area contributed by atoms with Crippen molar-refractivity contribution in [2.45, 2.75) is 59.9 Å². The highest BCUT2D eigenvalue weighted by molar-refractivity contribution is 7.92. The molecule has 0 aliphatic heterocycles. The maximum atomic E-state index is 13.2. The normalized spacial score (nSPS) is 12.6. The Hall–Kier alpha value is -3.23. The van der Waals surface area contributed by atoms with Gasteiger partial charge in [-0.25, -0.2) is 13.1 Å². The van der Waals surface area contributed by atoms with Crippen molar-refractivity contribution in [1.82, 2.24) is 14.1 Å². The van der Waals surface area contributed by atoms with E-state index < -0.39 is 22.0 Å². The Morgan fingerprint density at radius 3 is 2.36 bits per heavy atom. The summed E-state index contributed by atoms with van der Waals surface area (Å²) in [6.07, 6.45) is 1.54. The van der Waals surface area contributed by atoms with Crippen molar-refractivity contribution in [2.75, 3.05) is 11.9 Å². The third kappa shape index (κ3) is 6.50. The lowest BCUT2D eigenvalue weighted by Crippen LogP contribution is -2.41. The van der Waals surface area contributed by atoms with Crippen LogP contribution in [0.2, 0.25) is 0 Å². The first kappa shape index (κ1) is 27.4. The topological polar surface area (TPSA) is 84.3 Å². The van der Waals surface area contributed by atoms with Crippen LogP contribution in [0.1, 0.15) is 57.0 Å². The highest BCUT2D eigenvalue weighted by atomic mass is 32.2. The lowest BCUT2D eigenvalue weighted by Gasteiger charge is -2.23. The summed E-state index contributed by atoms with van der Waals surface area (Å²) < 4.78 is 29.1. The zero-order valence-corrected chi connectivity index (χ0v) is 22.9. The van der Waals surface area contributed by atoms with Gasteiger partial charge in [-0.05, 0) is 56.5 Å². The van der Waals surface area contributed by atoms with Crippen LogP contribution in [0.4, 0.5) is 5.82 Å². The number of nitrogens with one attached hydrogen (secondary N) is 1. The van der Waals surface area contributed by atoms with Crippen LogP contribution < -0.4 is 5.32 Å². The van der Waals surface area contributed by atoms with Crippen LogP contribution in [0.25, 0.3) is 11.8 Å². The SMILES string of the molecule is Cc1cccc(-n2nc(C(C)(C)C)cc2NC(=O)CN(C(C)C)S(=O)(=O)C=Cc2ccccc2)c1C. The fourth-order valence-electron chi connectivity index (χ4n) is 3.68. The standard InChI is InChI=1S/C28H36N4O3S/c1-20(2)31(36(34,35)17-16-23-13-9-8-10-14-23)19-27(33)29-26-18-25(28(5,6)7)30-32(26)24-15-11-12-21(3)22(24)4/h8-18,20H,19H2,1-7H3,(H,29,33). The number of hydrogen-bond acceptors (Lipinski definition) is 4. The van der Waals surface area contributed by atoms with Gasteiger partial charge in [-0.2, -0.15) is 9.40 Å². The summed E-state index contributed by atoms with van der Waals surface area (Å²) in [5, 5.41) is 8.85. The second-order valence-corrected chi connectivity index (χ2v) is 12.0. The number of amides is 1. The van der Waals surface area contributed by atoms with Gasteiger partial charge in [-0.3, -0.25) is 4.79 Å². The number of benzene rings is 2. The van der Waals surface area contributed by atoms with Crippen LogP contribution in [-0.4, -0.2) is 41.0 Å². The summed E-state index contributed by atoms with van der Waals surface area (Å²) in [7, 11) is -3.83. The number of carbonyl (C=O) groups is 1. The maximum Gasteiger partial charge on any atom is 0.240 e. The van der Waals surface area contributed by atoms with Crippen LogP contribution in [0.3, 0.4) is 0 Å². The van der Waals surface area contributed by atoms with E-state index in [9.17, 15) is 13.2 Å². The molecule has 1 amide bonds. The molecule has 3 rings (SSSR count). The van der Waals surface area contributed by atoms with Crippen LogP contribution >= 0.6 is 0 Å². The van der Waals surface area contributed by atoms with Crippen molar-refractivity contribution in [3.63, 3.8) is 0 Å². The molecule has 7 nitrogen and oxygen atoms in total. The first-order valence-corrected chi connectivity index (χ1v) is 13.5. The second-order valence-electron chi connectivity index (χ2n) is 10.2. The minimum absolute atomic E-state index is 0.238. The molecule has 1 N–H and O–H groups in total. The number of nitrogens with zero attached hydrogens (tertiary/aromatic N) is 3. The Bertz CT molecular complexity index is 1350. The first-order valence-electron chi connectivity index (χ1n) is 12.0. The van der Waals surface area contributed by atoms with Gasteiger partial charge in [0.15, 0.2) is 0 Å². The van der Waals surface area contributed by atoms with E-state index in [4.69, 9.17) is 5.10 Å². The van der Waals surface area contributed by atoms with Crippen molar-refractivity contribution in [3.05, 3.63) is 82.4 Å². The van der Waals surface area contributed by atoms with Gasteiger partial charge in [0.25, 0.3) is 0 Å². The predicted molar refractivity (Wildman–Crippen MR) is 147 cm³/mol. The molecule has 0 spiro atoms. The Labute approximate surface area is 214 Å². The number of carbonyl (C=O) groups excluding carboxylic acids is 1. The molecule has 8 heteroatoms. The lowest BCUT2D eigenvalue weighted by atomic mass is 9.92. The average Bonchev–Trinajstić information content (AvgIpc) is 3.22. The fraction of sp³-hybridized carbons (Fsp3) is 0.357. The molecule has 0 aliphatic rings. The van der Waals surface area contributed by atoms with Crippen LogP contribution in [0, 0.1) is 13.8 Å². The molecular weight excluding hydrogens is 472 g/mol. The second kappa shape index (κ2) is 10.8. The number of anilines is 1. The first-order chi connectivity index (χ1) is 16.8. The zero-order valence-electron chi connectivity index (χ0n) is 22.1. The number of aryl methyl sites for hydroxylation is 1. The summed E-state index contributed by atoms with van der Waals surface area (Å²) in [5.41, 5.74) is 4.37. The molecule has 36 heavy (non-hydrogen) atoms. The molecule has 1 aromatic heterocycles. The fourth-order valence-corrected chi connectivity index (χ4v) is 5.05. The van der Waals surface area contributed by atoms with Gasteiger partial charge >= 0.3 is 0 Å². The van der Waals surface area contributed by atoms with Crippen molar-refractivity contribution in [3.8, 4) is 5.69 Å². The van der Waals surface area contributed by atoms with E-state index in [0.717, 1.165) is 33.5 Å². The van der Waals surface area contributed by atoms with E-state index in [0.29, 0.717) is 5.82 Å². The van der Waals surface area contributed by atoms with E-state index >= 15 is 0 Å². The Morgan fingerprint density at radius 2 is 1.75 bits per heavy atom. The molecule has 2 aromatic carbocycles. The summed E-state index contributed by atoms with van der Waals surface area (Å²) in [6.45, 7) is 13.4. The minimum atomic E-state index is -3.83. The third-order valence-electron chi connectivity index (χ3n) is 5.98. The van der Waals surface area contributed by atoms with Gasteiger partial charge in [0, 0.05) is 22.9 Å². The molecular formula is C28H36N4O3S. The van der Waals surface area contributed by atoms with Gasteiger partial charge < -0.3 is 5.32 Å². The van der Waals surface area contributed by atoms with E-state index in [1.165, 1.54) is 10.4 Å². The summed E-state index contributed by atoms with van der Waals surface area (Å²) in [4.78, 5) is 13.2. The largest absolute Gasteiger partial charge is 0.309 e. The molecule has 0 aliphatic carbocycles. The van der Waals surface area contributed by atoms with Gasteiger partial charge in [-0.1, -0.05) is 63.2 Å². The molecule has 0 radical (unpaired) electrons. The number of aromatic nitrogens is 2.